The number of carbonyl (C=O) groups excluding carboxylic acids is 1. The molecule has 2 rings (SSSR count). The van der Waals surface area contributed by atoms with Gasteiger partial charge in [-0.25, -0.2) is 0 Å². The highest BCUT2D eigenvalue weighted by Crippen LogP contribution is 2.26. The third-order valence-electron chi connectivity index (χ3n) is 2.40. The molecule has 0 radical (unpaired) electrons. The fourth-order valence-corrected chi connectivity index (χ4v) is 1.67. The Labute approximate surface area is 77.5 Å². The molecule has 0 atom stereocenters. The van der Waals surface area contributed by atoms with Gasteiger partial charge in [-0.05, 0) is 37.0 Å². The van der Waals surface area contributed by atoms with Crippen molar-refractivity contribution in [2.45, 2.75) is 26.2 Å². The minimum Gasteiger partial charge on any atom is -0.426 e. The zero-order valence-corrected chi connectivity index (χ0v) is 7.67. The van der Waals surface area contributed by atoms with Crippen LogP contribution in [0.15, 0.2) is 18.2 Å². The molecule has 13 heavy (non-hydrogen) atoms. The summed E-state index contributed by atoms with van der Waals surface area (Å²) in [6, 6.07) is 5.84. The molecule has 0 fully saturated rings. The summed E-state index contributed by atoms with van der Waals surface area (Å²) in [5.74, 6) is 0.645. The predicted molar refractivity (Wildman–Crippen MR) is 49.8 cm³/mol. The van der Waals surface area contributed by atoms with Crippen LogP contribution in [0.3, 0.4) is 0 Å². The van der Waals surface area contributed by atoms with Crippen molar-refractivity contribution < 1.29 is 9.53 Å². The molecular weight excluding hydrogens is 164 g/mol. The second-order valence-electron chi connectivity index (χ2n) is 3.38. The third kappa shape index (κ3) is 1.57. The molecule has 0 amide bonds. The van der Waals surface area contributed by atoms with E-state index >= 15 is 0 Å². The number of fused-ring (bicyclic) bond motifs is 1. The van der Waals surface area contributed by atoms with Crippen LogP contribution in [0.5, 0.6) is 5.75 Å². The molecule has 1 aliphatic heterocycles. The SMILES string of the molecule is Cc1cccc2c1CCCC(=O)O2. The summed E-state index contributed by atoms with van der Waals surface area (Å²) in [5.41, 5.74) is 2.40. The summed E-state index contributed by atoms with van der Waals surface area (Å²) in [6.07, 6.45) is 2.39. The van der Waals surface area contributed by atoms with E-state index in [-0.39, 0.29) is 5.97 Å². The number of benzene rings is 1. The van der Waals surface area contributed by atoms with Gasteiger partial charge in [0.25, 0.3) is 0 Å². The average molecular weight is 176 g/mol. The first-order chi connectivity index (χ1) is 6.27. The van der Waals surface area contributed by atoms with Crippen molar-refractivity contribution in [1.29, 1.82) is 0 Å². The average Bonchev–Trinajstić information content (AvgIpc) is 2.27. The Bertz CT molecular complexity index is 342. The van der Waals surface area contributed by atoms with Crippen LogP contribution in [0.4, 0.5) is 0 Å². The van der Waals surface area contributed by atoms with E-state index < -0.39 is 0 Å². The highest BCUT2D eigenvalue weighted by Gasteiger charge is 2.15. The van der Waals surface area contributed by atoms with E-state index in [0.717, 1.165) is 18.6 Å². The molecule has 1 heterocycles. The van der Waals surface area contributed by atoms with E-state index in [4.69, 9.17) is 4.74 Å². The van der Waals surface area contributed by atoms with Crippen LogP contribution < -0.4 is 4.74 Å². The molecule has 2 nitrogen and oxygen atoms in total. The van der Waals surface area contributed by atoms with E-state index in [1.807, 2.05) is 12.1 Å². The summed E-state index contributed by atoms with van der Waals surface area (Å²) < 4.78 is 5.20. The highest BCUT2D eigenvalue weighted by molar-refractivity contribution is 5.73. The van der Waals surface area contributed by atoms with Crippen LogP contribution in [-0.2, 0) is 11.2 Å². The van der Waals surface area contributed by atoms with Gasteiger partial charge in [0.1, 0.15) is 5.75 Å². The lowest BCUT2D eigenvalue weighted by atomic mass is 10.0. The monoisotopic (exact) mass is 176 g/mol. The Morgan fingerprint density at radius 1 is 1.31 bits per heavy atom. The van der Waals surface area contributed by atoms with Gasteiger partial charge in [0.05, 0.1) is 0 Å². The van der Waals surface area contributed by atoms with E-state index in [2.05, 4.69) is 13.0 Å². The smallest absolute Gasteiger partial charge is 0.311 e. The Morgan fingerprint density at radius 3 is 3.00 bits per heavy atom. The molecule has 0 unspecified atom stereocenters. The number of aryl methyl sites for hydroxylation is 1. The van der Waals surface area contributed by atoms with E-state index in [1.54, 1.807) is 0 Å². The molecule has 1 aliphatic rings. The fraction of sp³-hybridized carbons (Fsp3) is 0.364. The Hall–Kier alpha value is -1.31. The number of hydrogen-bond donors (Lipinski definition) is 0. The Kier molecular flexibility index (Phi) is 2.05. The molecule has 0 aliphatic carbocycles. The normalized spacial score (nSPS) is 15.9. The molecule has 0 saturated heterocycles. The standard InChI is InChI=1S/C11H12O2/c1-8-4-2-6-10-9(8)5-3-7-11(12)13-10/h2,4,6H,3,5,7H2,1H3. The van der Waals surface area contributed by atoms with Crippen LogP contribution in [-0.4, -0.2) is 5.97 Å². The van der Waals surface area contributed by atoms with E-state index in [9.17, 15) is 4.79 Å². The van der Waals surface area contributed by atoms with E-state index in [1.165, 1.54) is 11.1 Å². The zero-order valence-electron chi connectivity index (χ0n) is 7.67. The molecule has 1 aromatic carbocycles. The lowest BCUT2D eigenvalue weighted by molar-refractivity contribution is -0.134. The number of hydrogen-bond acceptors (Lipinski definition) is 2. The molecule has 0 bridgehead atoms. The topological polar surface area (TPSA) is 26.3 Å². The first-order valence-electron chi connectivity index (χ1n) is 4.56. The first-order valence-corrected chi connectivity index (χ1v) is 4.56. The van der Waals surface area contributed by atoms with Crippen LogP contribution >= 0.6 is 0 Å². The van der Waals surface area contributed by atoms with Crippen molar-refractivity contribution in [1.82, 2.24) is 0 Å². The van der Waals surface area contributed by atoms with Gasteiger partial charge in [0.2, 0.25) is 0 Å². The predicted octanol–water partition coefficient (Wildman–Crippen LogP) is 2.24. The lowest BCUT2D eigenvalue weighted by Crippen LogP contribution is -2.05. The van der Waals surface area contributed by atoms with Gasteiger partial charge in [-0.3, -0.25) is 4.79 Å². The molecular formula is C11H12O2. The fourth-order valence-electron chi connectivity index (χ4n) is 1.67. The van der Waals surface area contributed by atoms with Gasteiger partial charge in [-0.15, -0.1) is 0 Å². The Morgan fingerprint density at radius 2 is 2.15 bits per heavy atom. The maximum Gasteiger partial charge on any atom is 0.311 e. The molecule has 0 N–H and O–H groups in total. The highest BCUT2D eigenvalue weighted by atomic mass is 16.5. The maximum atomic E-state index is 11.1. The van der Waals surface area contributed by atoms with Gasteiger partial charge in [-0.2, -0.15) is 0 Å². The summed E-state index contributed by atoms with van der Waals surface area (Å²) in [5, 5.41) is 0. The maximum absolute atomic E-state index is 11.1. The summed E-state index contributed by atoms with van der Waals surface area (Å²) in [4.78, 5) is 11.1. The van der Waals surface area contributed by atoms with Crippen LogP contribution in [0.25, 0.3) is 0 Å². The van der Waals surface area contributed by atoms with Crippen LogP contribution in [0.1, 0.15) is 24.0 Å². The molecule has 2 heteroatoms. The molecule has 0 saturated carbocycles. The summed E-state index contributed by atoms with van der Waals surface area (Å²) in [6.45, 7) is 2.05. The first kappa shape index (κ1) is 8.30. The number of carbonyl (C=O) groups is 1. The molecule has 0 spiro atoms. The van der Waals surface area contributed by atoms with Crippen LogP contribution in [0.2, 0.25) is 0 Å². The Balaban J connectivity index is 2.45. The largest absolute Gasteiger partial charge is 0.426 e. The minimum atomic E-state index is -0.107. The van der Waals surface area contributed by atoms with Crippen molar-refractivity contribution in [2.75, 3.05) is 0 Å². The summed E-state index contributed by atoms with van der Waals surface area (Å²) >= 11 is 0. The van der Waals surface area contributed by atoms with Crippen LogP contribution in [0, 0.1) is 6.92 Å². The number of rotatable bonds is 0. The second kappa shape index (κ2) is 3.21. The van der Waals surface area contributed by atoms with Crippen molar-refractivity contribution >= 4 is 5.97 Å². The van der Waals surface area contributed by atoms with Gasteiger partial charge < -0.3 is 4.74 Å². The van der Waals surface area contributed by atoms with Crippen molar-refractivity contribution in [3.05, 3.63) is 29.3 Å². The van der Waals surface area contributed by atoms with Crippen molar-refractivity contribution in [3.63, 3.8) is 0 Å². The quantitative estimate of drug-likeness (QED) is 0.447. The molecule has 0 aromatic heterocycles. The van der Waals surface area contributed by atoms with Gasteiger partial charge >= 0.3 is 5.97 Å². The molecule has 1 aromatic rings. The van der Waals surface area contributed by atoms with Gasteiger partial charge in [-0.1, -0.05) is 12.1 Å². The minimum absolute atomic E-state index is 0.107. The second-order valence-corrected chi connectivity index (χ2v) is 3.38. The number of esters is 1. The van der Waals surface area contributed by atoms with Gasteiger partial charge in [0.15, 0.2) is 0 Å². The summed E-state index contributed by atoms with van der Waals surface area (Å²) in [7, 11) is 0. The molecule has 68 valence electrons. The lowest BCUT2D eigenvalue weighted by Gasteiger charge is -2.07. The van der Waals surface area contributed by atoms with E-state index in [0.29, 0.717) is 6.42 Å². The number of ether oxygens (including phenoxy) is 1. The van der Waals surface area contributed by atoms with Crippen molar-refractivity contribution in [2.24, 2.45) is 0 Å². The third-order valence-corrected chi connectivity index (χ3v) is 2.40. The van der Waals surface area contributed by atoms with Gasteiger partial charge in [0, 0.05) is 6.42 Å². The zero-order chi connectivity index (χ0) is 9.26. The van der Waals surface area contributed by atoms with Crippen molar-refractivity contribution in [3.8, 4) is 5.75 Å².